The van der Waals surface area contributed by atoms with Crippen LogP contribution in [0.3, 0.4) is 0 Å². The predicted octanol–water partition coefficient (Wildman–Crippen LogP) is 12.7. The lowest BCUT2D eigenvalue weighted by Crippen LogP contribution is -2.51. The molecule has 3 heteroatoms. The van der Waals surface area contributed by atoms with Crippen molar-refractivity contribution in [3.05, 3.63) is 252 Å². The Morgan fingerprint density at radius 3 is 1.79 bits per heavy atom. The number of nitrogens with one attached hydrogen (secondary N) is 1. The standard InChI is InChI=1S/C55H37N3/c1-5-19-37(20-6-1)53-56-54(39-33-34-45-44-29-16-18-32-49(44)57(50(45)36-39)42-26-11-4-12-27-42)58(53)52-43-28-14-13-21-38(43)35-48-51(52)46-30-15-17-31-47(46)55(48,40-22-7-2-8-23-40)41-24-9-3-10-25-41/h1-36,53H/p+1. The van der Waals surface area contributed by atoms with Gasteiger partial charge in [0.05, 0.1) is 22.0 Å². The topological polar surface area (TPSA) is 20.0 Å². The van der Waals surface area contributed by atoms with E-state index in [0.717, 1.165) is 17.1 Å². The molecule has 0 saturated heterocycles. The van der Waals surface area contributed by atoms with Crippen LogP contribution in [0.2, 0.25) is 0 Å². The van der Waals surface area contributed by atoms with Crippen molar-refractivity contribution in [1.82, 2.24) is 9.88 Å². The zero-order valence-corrected chi connectivity index (χ0v) is 31.8. The molecule has 1 aromatic heterocycles. The minimum absolute atomic E-state index is 0.0857. The summed E-state index contributed by atoms with van der Waals surface area (Å²) in [4.78, 5) is 0. The van der Waals surface area contributed by atoms with Crippen molar-refractivity contribution >= 4 is 44.1 Å². The molecular weight excluding hydrogens is 703 g/mol. The van der Waals surface area contributed by atoms with Gasteiger partial charge in [-0.25, -0.2) is 5.32 Å². The number of hydrogen-bond donors (Lipinski definition) is 1. The van der Waals surface area contributed by atoms with E-state index in [1.807, 2.05) is 0 Å². The highest BCUT2D eigenvalue weighted by atomic mass is 15.4. The SMILES string of the molecule is c1ccc(C2NC(c3ccc4c5ccccc5n(-c5ccccc5)c4c3)=[N+]2c2c3c(cc4ccccc24)C(c2ccccc2)(c2ccccc2)c2ccccc2-3)cc1. The zero-order valence-electron chi connectivity index (χ0n) is 31.8. The van der Waals surface area contributed by atoms with E-state index in [2.05, 4.69) is 233 Å². The maximum Gasteiger partial charge on any atom is 0.289 e. The molecule has 1 unspecified atom stereocenters. The van der Waals surface area contributed by atoms with E-state index in [1.165, 1.54) is 77.2 Å². The van der Waals surface area contributed by atoms with Crippen LogP contribution in [-0.2, 0) is 5.41 Å². The van der Waals surface area contributed by atoms with Gasteiger partial charge in [0, 0.05) is 33.0 Å². The van der Waals surface area contributed by atoms with Gasteiger partial charge in [-0.1, -0.05) is 182 Å². The van der Waals surface area contributed by atoms with Crippen LogP contribution >= 0.6 is 0 Å². The van der Waals surface area contributed by atoms with Gasteiger partial charge in [-0.15, -0.1) is 0 Å². The molecule has 0 fully saturated rings. The Kier molecular flexibility index (Phi) is 7.21. The third kappa shape index (κ3) is 4.59. The normalized spacial score (nSPS) is 15.3. The van der Waals surface area contributed by atoms with Crippen LogP contribution in [0.5, 0.6) is 0 Å². The number of benzene rings is 9. The maximum absolute atomic E-state index is 4.02. The Bertz CT molecular complexity index is 3200. The monoisotopic (exact) mass is 740 g/mol. The molecule has 1 atom stereocenters. The molecular formula is C55H38N3+. The Hall–Kier alpha value is -7.49. The van der Waals surface area contributed by atoms with Crippen molar-refractivity contribution in [3.63, 3.8) is 0 Å². The van der Waals surface area contributed by atoms with Gasteiger partial charge >= 0.3 is 0 Å². The van der Waals surface area contributed by atoms with Gasteiger partial charge < -0.3 is 4.57 Å². The summed E-state index contributed by atoms with van der Waals surface area (Å²) in [6, 6.07) is 80.2. The van der Waals surface area contributed by atoms with E-state index >= 15 is 0 Å². The highest BCUT2D eigenvalue weighted by molar-refractivity contribution is 6.12. The highest BCUT2D eigenvalue weighted by Gasteiger charge is 2.51. The molecule has 0 saturated carbocycles. The summed E-state index contributed by atoms with van der Waals surface area (Å²) >= 11 is 0. The summed E-state index contributed by atoms with van der Waals surface area (Å²) in [5, 5.41) is 8.96. The second-order valence-electron chi connectivity index (χ2n) is 15.5. The maximum atomic E-state index is 4.02. The first kappa shape index (κ1) is 32.7. The van der Waals surface area contributed by atoms with Gasteiger partial charge in [0.15, 0.2) is 0 Å². The van der Waals surface area contributed by atoms with Crippen LogP contribution in [0.25, 0.3) is 49.4 Å². The van der Waals surface area contributed by atoms with E-state index in [-0.39, 0.29) is 6.17 Å². The van der Waals surface area contributed by atoms with Crippen LogP contribution in [-0.4, -0.2) is 15.0 Å². The fourth-order valence-electron chi connectivity index (χ4n) is 10.1. The lowest BCUT2D eigenvalue weighted by atomic mass is 9.67. The lowest BCUT2D eigenvalue weighted by molar-refractivity contribution is -0.529. The molecule has 2 aliphatic rings. The number of nitrogens with zero attached hydrogens (tertiary/aromatic N) is 2. The molecule has 0 bridgehead atoms. The molecule has 58 heavy (non-hydrogen) atoms. The van der Waals surface area contributed by atoms with Crippen LogP contribution in [0.4, 0.5) is 5.69 Å². The molecule has 9 aromatic carbocycles. The first-order valence-corrected chi connectivity index (χ1v) is 20.1. The van der Waals surface area contributed by atoms with Gasteiger partial charge in [-0.3, -0.25) is 0 Å². The first-order valence-electron chi connectivity index (χ1n) is 20.1. The van der Waals surface area contributed by atoms with E-state index in [0.29, 0.717) is 0 Å². The second kappa shape index (κ2) is 12.8. The summed E-state index contributed by atoms with van der Waals surface area (Å²) in [7, 11) is 0. The smallest absolute Gasteiger partial charge is 0.289 e. The molecule has 1 N–H and O–H groups in total. The molecule has 0 amide bonds. The number of para-hydroxylation sites is 2. The van der Waals surface area contributed by atoms with E-state index in [9.17, 15) is 0 Å². The Labute approximate surface area is 337 Å². The van der Waals surface area contributed by atoms with Gasteiger partial charge in [-0.2, -0.15) is 4.58 Å². The largest absolute Gasteiger partial charge is 0.309 e. The van der Waals surface area contributed by atoms with E-state index in [1.54, 1.807) is 0 Å². The van der Waals surface area contributed by atoms with Crippen molar-refractivity contribution in [2.24, 2.45) is 0 Å². The Morgan fingerprint density at radius 1 is 0.466 bits per heavy atom. The van der Waals surface area contributed by atoms with Crippen molar-refractivity contribution in [2.45, 2.75) is 11.6 Å². The van der Waals surface area contributed by atoms with Crippen molar-refractivity contribution in [1.29, 1.82) is 0 Å². The fraction of sp³-hybridized carbons (Fsp3) is 0.0364. The quantitative estimate of drug-likeness (QED) is 0.168. The fourth-order valence-corrected chi connectivity index (χ4v) is 10.1. The summed E-state index contributed by atoms with van der Waals surface area (Å²) in [5.74, 6) is 1.09. The van der Waals surface area contributed by atoms with Crippen molar-refractivity contribution in [3.8, 4) is 16.8 Å². The van der Waals surface area contributed by atoms with Crippen LogP contribution in [0.15, 0.2) is 218 Å². The van der Waals surface area contributed by atoms with Gasteiger partial charge in [0.1, 0.15) is 5.69 Å². The summed E-state index contributed by atoms with van der Waals surface area (Å²) in [6.07, 6.45) is -0.0857. The number of aromatic nitrogens is 1. The summed E-state index contributed by atoms with van der Waals surface area (Å²) in [5.41, 5.74) is 14.3. The second-order valence-corrected chi connectivity index (χ2v) is 15.5. The average molecular weight is 741 g/mol. The van der Waals surface area contributed by atoms with Crippen LogP contribution in [0.1, 0.15) is 39.5 Å². The molecule has 3 nitrogen and oxygen atoms in total. The molecule has 0 radical (unpaired) electrons. The molecule has 0 spiro atoms. The van der Waals surface area contributed by atoms with Gasteiger partial charge in [0.25, 0.3) is 12.0 Å². The first-order chi connectivity index (χ1) is 28.8. The Balaban J connectivity index is 1.21. The number of hydrogen-bond acceptors (Lipinski definition) is 1. The Morgan fingerprint density at radius 2 is 1.05 bits per heavy atom. The van der Waals surface area contributed by atoms with Crippen LogP contribution < -0.4 is 5.32 Å². The minimum atomic E-state index is -0.524. The van der Waals surface area contributed by atoms with Crippen molar-refractivity contribution < 1.29 is 4.58 Å². The minimum Gasteiger partial charge on any atom is -0.309 e. The van der Waals surface area contributed by atoms with E-state index < -0.39 is 5.41 Å². The predicted molar refractivity (Wildman–Crippen MR) is 238 cm³/mol. The molecule has 2 heterocycles. The molecule has 272 valence electrons. The molecule has 10 aromatic rings. The summed E-state index contributed by atoms with van der Waals surface area (Å²) in [6.45, 7) is 0. The van der Waals surface area contributed by atoms with Gasteiger partial charge in [-0.05, 0) is 69.6 Å². The molecule has 1 aliphatic heterocycles. The lowest BCUT2D eigenvalue weighted by Gasteiger charge is -2.35. The summed E-state index contributed by atoms with van der Waals surface area (Å²) < 4.78 is 5.00. The van der Waals surface area contributed by atoms with Crippen LogP contribution in [0, 0.1) is 0 Å². The average Bonchev–Trinajstić information content (AvgIpc) is 3.77. The number of rotatable bonds is 6. The van der Waals surface area contributed by atoms with Gasteiger partial charge in [0.2, 0.25) is 0 Å². The third-order valence-electron chi connectivity index (χ3n) is 12.5. The number of amidine groups is 1. The van der Waals surface area contributed by atoms with Crippen molar-refractivity contribution in [2.75, 3.05) is 0 Å². The third-order valence-corrected chi connectivity index (χ3v) is 12.5. The zero-order chi connectivity index (χ0) is 38.2. The molecule has 1 aliphatic carbocycles. The number of fused-ring (bicyclic) bond motifs is 7. The highest BCUT2D eigenvalue weighted by Crippen LogP contribution is 2.60. The molecule has 12 rings (SSSR count). The van der Waals surface area contributed by atoms with E-state index in [4.69, 9.17) is 0 Å².